The largest absolute Gasteiger partial charge is 0.301 e. The number of thioether (sulfide) groups is 1. The number of carbonyl (C=O) groups excluding carboxylic acids is 1. The summed E-state index contributed by atoms with van der Waals surface area (Å²) in [5, 5.41) is 5.46. The summed E-state index contributed by atoms with van der Waals surface area (Å²) in [6, 6.07) is 3.98. The van der Waals surface area contributed by atoms with Crippen molar-refractivity contribution in [3.63, 3.8) is 0 Å². The van der Waals surface area contributed by atoms with Crippen molar-refractivity contribution in [2.24, 2.45) is 0 Å². The Hall–Kier alpha value is -1.51. The Morgan fingerprint density at radius 3 is 2.92 bits per heavy atom. The zero-order valence-electron chi connectivity index (χ0n) is 14.0. The number of hydrogen-bond donors (Lipinski definition) is 1. The smallest absolute Gasteiger partial charge is 0.240 e. The van der Waals surface area contributed by atoms with E-state index in [1.165, 1.54) is 17.4 Å². The van der Waals surface area contributed by atoms with Gasteiger partial charge in [0.15, 0.2) is 16.8 Å². The predicted octanol–water partition coefficient (Wildman–Crippen LogP) is 3.85. The highest BCUT2D eigenvalue weighted by atomic mass is 32.2. The van der Waals surface area contributed by atoms with E-state index in [-0.39, 0.29) is 5.91 Å². The monoisotopic (exact) mass is 383 g/mol. The molecule has 2 heterocycles. The van der Waals surface area contributed by atoms with Crippen molar-refractivity contribution in [3.05, 3.63) is 35.2 Å². The Morgan fingerprint density at radius 2 is 2.16 bits per heavy atom. The molecular formula is C17H19F2N3OS2. The first-order chi connectivity index (χ1) is 11.9. The van der Waals surface area contributed by atoms with E-state index in [9.17, 15) is 13.6 Å². The van der Waals surface area contributed by atoms with E-state index in [1.807, 2.05) is 11.8 Å². The molecule has 1 N–H and O–H groups in total. The van der Waals surface area contributed by atoms with E-state index in [2.05, 4.69) is 29.0 Å². The SMILES string of the molecule is CC1SCCN(CC(=O)Nc2nc(-c3ccc(F)c(F)c3)cs2)C1C. The maximum atomic E-state index is 13.3. The average Bonchev–Trinajstić information content (AvgIpc) is 3.03. The molecule has 1 amide bonds. The molecule has 0 spiro atoms. The molecule has 0 radical (unpaired) electrons. The molecule has 134 valence electrons. The molecule has 8 heteroatoms. The van der Waals surface area contributed by atoms with Crippen LogP contribution in [0.1, 0.15) is 13.8 Å². The molecule has 1 aromatic heterocycles. The Labute approximate surface area is 153 Å². The number of hydrogen-bond acceptors (Lipinski definition) is 5. The van der Waals surface area contributed by atoms with Crippen molar-refractivity contribution in [1.29, 1.82) is 0 Å². The number of amides is 1. The molecule has 1 aromatic carbocycles. The quantitative estimate of drug-likeness (QED) is 0.871. The van der Waals surface area contributed by atoms with Gasteiger partial charge in [0.05, 0.1) is 12.2 Å². The Kier molecular flexibility index (Phi) is 5.71. The lowest BCUT2D eigenvalue weighted by Crippen LogP contribution is -2.47. The van der Waals surface area contributed by atoms with Crippen molar-refractivity contribution in [2.75, 3.05) is 24.2 Å². The Morgan fingerprint density at radius 1 is 1.36 bits per heavy atom. The average molecular weight is 383 g/mol. The molecule has 1 saturated heterocycles. The number of aromatic nitrogens is 1. The minimum Gasteiger partial charge on any atom is -0.301 e. The molecule has 25 heavy (non-hydrogen) atoms. The van der Waals surface area contributed by atoms with Gasteiger partial charge in [-0.2, -0.15) is 11.8 Å². The van der Waals surface area contributed by atoms with Gasteiger partial charge >= 0.3 is 0 Å². The standard InChI is InChI=1S/C17H19F2N3OS2/c1-10-11(2)24-6-5-22(10)8-16(23)21-17-20-15(9-25-17)12-3-4-13(18)14(19)7-12/h3-4,7,9-11H,5-6,8H2,1-2H3,(H,20,21,23). The van der Waals surface area contributed by atoms with Gasteiger partial charge in [0.2, 0.25) is 5.91 Å². The number of nitrogens with one attached hydrogen (secondary N) is 1. The summed E-state index contributed by atoms with van der Waals surface area (Å²) < 4.78 is 26.4. The van der Waals surface area contributed by atoms with E-state index in [0.29, 0.717) is 34.2 Å². The van der Waals surface area contributed by atoms with Crippen LogP contribution in [0.3, 0.4) is 0 Å². The zero-order chi connectivity index (χ0) is 18.0. The number of rotatable bonds is 4. The maximum Gasteiger partial charge on any atom is 0.240 e. The fraction of sp³-hybridized carbons (Fsp3) is 0.412. The van der Waals surface area contributed by atoms with Gasteiger partial charge in [-0.3, -0.25) is 9.69 Å². The number of thiazole rings is 1. The lowest BCUT2D eigenvalue weighted by Gasteiger charge is -2.36. The fourth-order valence-electron chi connectivity index (χ4n) is 2.68. The molecular weight excluding hydrogens is 364 g/mol. The number of carbonyl (C=O) groups is 1. The summed E-state index contributed by atoms with van der Waals surface area (Å²) in [6.07, 6.45) is 0. The minimum atomic E-state index is -0.915. The molecule has 0 bridgehead atoms. The van der Waals surface area contributed by atoms with Crippen molar-refractivity contribution < 1.29 is 13.6 Å². The number of halogens is 2. The number of anilines is 1. The van der Waals surface area contributed by atoms with Crippen LogP contribution in [0.25, 0.3) is 11.3 Å². The van der Waals surface area contributed by atoms with Crippen LogP contribution in [0.5, 0.6) is 0 Å². The van der Waals surface area contributed by atoms with Gasteiger partial charge in [0.1, 0.15) is 0 Å². The lowest BCUT2D eigenvalue weighted by atomic mass is 10.2. The van der Waals surface area contributed by atoms with Crippen LogP contribution in [-0.2, 0) is 4.79 Å². The van der Waals surface area contributed by atoms with Crippen LogP contribution >= 0.6 is 23.1 Å². The molecule has 2 unspecified atom stereocenters. The summed E-state index contributed by atoms with van der Waals surface area (Å²) in [6.45, 7) is 5.52. The summed E-state index contributed by atoms with van der Waals surface area (Å²) in [4.78, 5) is 18.7. The van der Waals surface area contributed by atoms with Crippen molar-refractivity contribution in [2.45, 2.75) is 25.1 Å². The third-order valence-electron chi connectivity index (χ3n) is 4.33. The second kappa shape index (κ2) is 7.80. The van der Waals surface area contributed by atoms with Crippen molar-refractivity contribution in [3.8, 4) is 11.3 Å². The third kappa shape index (κ3) is 4.37. The summed E-state index contributed by atoms with van der Waals surface area (Å²) in [5.41, 5.74) is 0.988. The van der Waals surface area contributed by atoms with Crippen molar-refractivity contribution >= 4 is 34.1 Å². The summed E-state index contributed by atoms with van der Waals surface area (Å²) in [7, 11) is 0. The van der Waals surface area contributed by atoms with Crippen LogP contribution in [0.2, 0.25) is 0 Å². The molecule has 4 nitrogen and oxygen atoms in total. The van der Waals surface area contributed by atoms with E-state index in [1.54, 1.807) is 5.38 Å². The summed E-state index contributed by atoms with van der Waals surface area (Å²) in [5.74, 6) is -0.897. The fourth-order valence-corrected chi connectivity index (χ4v) is 4.58. The summed E-state index contributed by atoms with van der Waals surface area (Å²) >= 11 is 3.19. The number of benzene rings is 1. The molecule has 0 aliphatic carbocycles. The molecule has 2 atom stereocenters. The first-order valence-electron chi connectivity index (χ1n) is 8.00. The number of nitrogens with zero attached hydrogens (tertiary/aromatic N) is 2. The highest BCUT2D eigenvalue weighted by Gasteiger charge is 2.26. The topological polar surface area (TPSA) is 45.2 Å². The third-order valence-corrected chi connectivity index (χ3v) is 6.42. The van der Waals surface area contributed by atoms with Crippen LogP contribution < -0.4 is 5.32 Å². The normalized spacial score (nSPS) is 21.3. The van der Waals surface area contributed by atoms with Crippen LogP contribution in [0.15, 0.2) is 23.6 Å². The van der Waals surface area contributed by atoms with Gasteiger partial charge in [0.25, 0.3) is 0 Å². The highest BCUT2D eigenvalue weighted by Crippen LogP contribution is 2.27. The predicted molar refractivity (Wildman–Crippen MR) is 99.1 cm³/mol. The second-order valence-electron chi connectivity index (χ2n) is 6.00. The first kappa shape index (κ1) is 18.3. The van der Waals surface area contributed by atoms with Gasteiger partial charge in [-0.15, -0.1) is 11.3 Å². The Bertz CT molecular complexity index is 768. The van der Waals surface area contributed by atoms with Gasteiger partial charge in [-0.1, -0.05) is 6.92 Å². The lowest BCUT2D eigenvalue weighted by molar-refractivity contribution is -0.117. The second-order valence-corrected chi connectivity index (χ2v) is 8.35. The molecule has 1 aliphatic rings. The van der Waals surface area contributed by atoms with E-state index >= 15 is 0 Å². The first-order valence-corrected chi connectivity index (χ1v) is 9.93. The van der Waals surface area contributed by atoms with E-state index in [0.717, 1.165) is 24.4 Å². The van der Waals surface area contributed by atoms with Gasteiger partial charge in [-0.25, -0.2) is 13.8 Å². The van der Waals surface area contributed by atoms with E-state index < -0.39 is 11.6 Å². The highest BCUT2D eigenvalue weighted by molar-refractivity contribution is 8.00. The Balaban J connectivity index is 1.62. The molecule has 2 aromatic rings. The van der Waals surface area contributed by atoms with Crippen molar-refractivity contribution in [1.82, 2.24) is 9.88 Å². The molecule has 1 aliphatic heterocycles. The molecule has 0 saturated carbocycles. The van der Waals surface area contributed by atoms with Gasteiger partial charge < -0.3 is 5.32 Å². The van der Waals surface area contributed by atoms with E-state index in [4.69, 9.17) is 0 Å². The van der Waals surface area contributed by atoms with Crippen LogP contribution in [0.4, 0.5) is 13.9 Å². The van der Waals surface area contributed by atoms with Crippen LogP contribution in [0, 0.1) is 11.6 Å². The minimum absolute atomic E-state index is 0.114. The molecule has 1 fully saturated rings. The molecule has 3 rings (SSSR count). The van der Waals surface area contributed by atoms with Gasteiger partial charge in [-0.05, 0) is 25.1 Å². The van der Waals surface area contributed by atoms with Gasteiger partial charge in [0, 0.05) is 34.5 Å². The maximum absolute atomic E-state index is 13.3. The van der Waals surface area contributed by atoms with Crippen LogP contribution in [-0.4, -0.2) is 45.9 Å². The zero-order valence-corrected chi connectivity index (χ0v) is 15.6.